The van der Waals surface area contributed by atoms with Gasteiger partial charge < -0.3 is 4.57 Å². The first-order valence-electron chi connectivity index (χ1n) is 16.2. The molecule has 1 unspecified atom stereocenters. The fourth-order valence-electron chi connectivity index (χ4n) is 8.53. The molecule has 2 aliphatic carbocycles. The number of fused-ring (bicyclic) bond motifs is 10. The molecule has 0 spiro atoms. The van der Waals surface area contributed by atoms with Gasteiger partial charge in [-0.1, -0.05) is 127 Å². The van der Waals surface area contributed by atoms with Crippen molar-refractivity contribution in [3.63, 3.8) is 0 Å². The molecule has 2 aromatic heterocycles. The molecule has 0 bridgehead atoms. The molecule has 6 aromatic carbocycles. The highest BCUT2D eigenvalue weighted by atomic mass is 15.0. The molecule has 2 heterocycles. The Hall–Kier alpha value is -5.73. The lowest BCUT2D eigenvalue weighted by Crippen LogP contribution is -2.29. The van der Waals surface area contributed by atoms with Gasteiger partial charge in [0.2, 0.25) is 0 Å². The van der Waals surface area contributed by atoms with Gasteiger partial charge >= 0.3 is 0 Å². The first kappa shape index (κ1) is 25.6. The fourth-order valence-corrected chi connectivity index (χ4v) is 8.53. The molecular formula is C44H30N2. The second kappa shape index (κ2) is 9.63. The molecule has 0 aliphatic heterocycles. The maximum Gasteiger partial charge on any atom is 0.0969 e. The van der Waals surface area contributed by atoms with E-state index >= 15 is 0 Å². The number of benzene rings is 6. The van der Waals surface area contributed by atoms with Crippen molar-refractivity contribution in [1.29, 1.82) is 0 Å². The molecule has 46 heavy (non-hydrogen) atoms. The van der Waals surface area contributed by atoms with Crippen molar-refractivity contribution in [2.45, 2.75) is 18.3 Å². The van der Waals surface area contributed by atoms with Crippen molar-refractivity contribution in [2.75, 3.05) is 0 Å². The highest BCUT2D eigenvalue weighted by Gasteiger charge is 2.47. The number of hydrogen-bond acceptors (Lipinski definition) is 1. The topological polar surface area (TPSA) is 17.8 Å². The van der Waals surface area contributed by atoms with E-state index in [-0.39, 0.29) is 0 Å². The van der Waals surface area contributed by atoms with E-state index in [1.54, 1.807) is 0 Å². The summed E-state index contributed by atoms with van der Waals surface area (Å²) in [7, 11) is 0. The number of nitrogens with zero attached hydrogens (tertiary/aromatic N) is 2. The zero-order chi connectivity index (χ0) is 30.2. The zero-order valence-corrected chi connectivity index (χ0v) is 25.3. The van der Waals surface area contributed by atoms with Gasteiger partial charge in [0.1, 0.15) is 0 Å². The van der Waals surface area contributed by atoms with Crippen LogP contribution in [-0.2, 0) is 5.41 Å². The van der Waals surface area contributed by atoms with Crippen LogP contribution in [0.1, 0.15) is 29.5 Å². The van der Waals surface area contributed by atoms with Gasteiger partial charge in [-0.05, 0) is 86.7 Å². The first-order chi connectivity index (χ1) is 22.9. The molecule has 0 N–H and O–H groups in total. The van der Waals surface area contributed by atoms with Gasteiger partial charge in [0.15, 0.2) is 0 Å². The molecule has 0 fully saturated rings. The lowest BCUT2D eigenvalue weighted by Gasteiger charge is -2.35. The molecular weight excluding hydrogens is 556 g/mol. The van der Waals surface area contributed by atoms with Crippen LogP contribution in [0.2, 0.25) is 0 Å². The van der Waals surface area contributed by atoms with E-state index in [1.165, 1.54) is 71.5 Å². The Kier molecular flexibility index (Phi) is 5.36. The van der Waals surface area contributed by atoms with Crippen molar-refractivity contribution in [3.05, 3.63) is 180 Å². The quantitative estimate of drug-likeness (QED) is 0.188. The lowest BCUT2D eigenvalue weighted by atomic mass is 9.66. The Morgan fingerprint density at radius 1 is 0.609 bits per heavy atom. The average Bonchev–Trinajstić information content (AvgIpc) is 3.63. The summed E-state index contributed by atoms with van der Waals surface area (Å²) in [5, 5.41) is 6.23. The van der Waals surface area contributed by atoms with Crippen molar-refractivity contribution >= 4 is 43.5 Å². The largest absolute Gasteiger partial charge is 0.307 e. The standard InChI is InChI=1S/C44H30N2/c1-3-15-30(16-4-1)44(31-17-5-2-6-18-31)36-23-12-11-22-35(36)41-37(44)25-26-38-42(41)43-39(24-13-27-45-43)46(38)40-28-29-14-7-8-19-32(29)33-20-9-10-21-34(33)40/h1,3-5,7-28H,2,6H2. The second-order valence-electron chi connectivity index (χ2n) is 12.6. The van der Waals surface area contributed by atoms with Gasteiger partial charge in [-0.15, -0.1) is 0 Å². The summed E-state index contributed by atoms with van der Waals surface area (Å²) in [6.07, 6.45) is 11.3. The Morgan fingerprint density at radius 3 is 2.26 bits per heavy atom. The van der Waals surface area contributed by atoms with E-state index in [1.807, 2.05) is 6.20 Å². The van der Waals surface area contributed by atoms with Crippen molar-refractivity contribution in [1.82, 2.24) is 9.55 Å². The Balaban J connectivity index is 1.39. The maximum atomic E-state index is 5.13. The summed E-state index contributed by atoms with van der Waals surface area (Å²) in [5.74, 6) is 0. The molecule has 1 atom stereocenters. The number of rotatable bonds is 3. The minimum atomic E-state index is -0.406. The molecule has 0 radical (unpaired) electrons. The molecule has 0 amide bonds. The number of aromatic nitrogens is 2. The van der Waals surface area contributed by atoms with Crippen LogP contribution in [0.4, 0.5) is 0 Å². The third-order valence-electron chi connectivity index (χ3n) is 10.3. The van der Waals surface area contributed by atoms with Gasteiger partial charge in [-0.3, -0.25) is 4.98 Å². The van der Waals surface area contributed by atoms with Crippen LogP contribution in [0.3, 0.4) is 0 Å². The fraction of sp³-hybridized carbons (Fsp3) is 0.0682. The van der Waals surface area contributed by atoms with Crippen LogP contribution in [0.5, 0.6) is 0 Å². The van der Waals surface area contributed by atoms with Crippen molar-refractivity contribution in [2.24, 2.45) is 0 Å². The van der Waals surface area contributed by atoms with E-state index in [9.17, 15) is 0 Å². The highest BCUT2D eigenvalue weighted by molar-refractivity contribution is 6.19. The van der Waals surface area contributed by atoms with Gasteiger partial charge in [0, 0.05) is 17.0 Å². The maximum absolute atomic E-state index is 5.13. The molecule has 0 saturated heterocycles. The van der Waals surface area contributed by atoms with Crippen LogP contribution >= 0.6 is 0 Å². The highest BCUT2D eigenvalue weighted by Crippen LogP contribution is 2.59. The molecule has 2 nitrogen and oxygen atoms in total. The predicted molar refractivity (Wildman–Crippen MR) is 192 cm³/mol. The van der Waals surface area contributed by atoms with Gasteiger partial charge in [-0.2, -0.15) is 0 Å². The van der Waals surface area contributed by atoms with E-state index in [2.05, 4.69) is 156 Å². The van der Waals surface area contributed by atoms with Crippen LogP contribution in [0.25, 0.3) is 60.3 Å². The van der Waals surface area contributed by atoms with E-state index in [0.29, 0.717) is 0 Å². The average molecular weight is 587 g/mol. The predicted octanol–water partition coefficient (Wildman–Crippen LogP) is 11.1. The smallest absolute Gasteiger partial charge is 0.0969 e. The van der Waals surface area contributed by atoms with Crippen molar-refractivity contribution < 1.29 is 0 Å². The zero-order valence-electron chi connectivity index (χ0n) is 25.3. The summed E-state index contributed by atoms with van der Waals surface area (Å²) in [6.45, 7) is 0. The normalized spacial score (nSPS) is 17.1. The molecule has 2 aliphatic rings. The van der Waals surface area contributed by atoms with Crippen LogP contribution in [0.15, 0.2) is 163 Å². The van der Waals surface area contributed by atoms with E-state index in [4.69, 9.17) is 4.98 Å². The number of hydrogen-bond donors (Lipinski definition) is 0. The summed E-state index contributed by atoms with van der Waals surface area (Å²) in [5.41, 5.74) is 12.0. The monoisotopic (exact) mass is 586 g/mol. The molecule has 10 rings (SSSR count). The van der Waals surface area contributed by atoms with Gasteiger partial charge in [-0.25, -0.2) is 0 Å². The molecule has 8 aromatic rings. The summed E-state index contributed by atoms with van der Waals surface area (Å²) in [4.78, 5) is 5.13. The van der Waals surface area contributed by atoms with Crippen LogP contribution in [0, 0.1) is 0 Å². The summed E-state index contributed by atoms with van der Waals surface area (Å²) in [6, 6.07) is 49.1. The Labute approximate surface area is 267 Å². The molecule has 0 saturated carbocycles. The Bertz CT molecular complexity index is 2580. The minimum absolute atomic E-state index is 0.406. The molecule has 216 valence electrons. The van der Waals surface area contributed by atoms with Crippen molar-refractivity contribution in [3.8, 4) is 16.8 Å². The lowest BCUT2D eigenvalue weighted by molar-refractivity contribution is 0.752. The molecule has 2 heteroatoms. The second-order valence-corrected chi connectivity index (χ2v) is 12.6. The van der Waals surface area contributed by atoms with Crippen LogP contribution in [-0.4, -0.2) is 9.55 Å². The Morgan fingerprint density at radius 2 is 1.39 bits per heavy atom. The SMILES string of the molecule is C1=CC(C2(c3ccccc3)c3ccccc3-c3c2ccc2c3c3ncccc3n2-c2cc3ccccc3c3ccccc23)=CCC1. The van der Waals surface area contributed by atoms with Gasteiger partial charge in [0.25, 0.3) is 0 Å². The van der Waals surface area contributed by atoms with Crippen LogP contribution < -0.4 is 0 Å². The van der Waals surface area contributed by atoms with E-state index < -0.39 is 5.41 Å². The third-order valence-corrected chi connectivity index (χ3v) is 10.3. The minimum Gasteiger partial charge on any atom is -0.307 e. The number of pyridine rings is 1. The summed E-state index contributed by atoms with van der Waals surface area (Å²) >= 11 is 0. The van der Waals surface area contributed by atoms with Gasteiger partial charge in [0.05, 0.1) is 27.7 Å². The number of allylic oxidation sites excluding steroid dienone is 4. The summed E-state index contributed by atoms with van der Waals surface area (Å²) < 4.78 is 2.46. The van der Waals surface area contributed by atoms with E-state index in [0.717, 1.165) is 23.9 Å². The third kappa shape index (κ3) is 3.28. The first-order valence-corrected chi connectivity index (χ1v) is 16.2.